The first-order valence-corrected chi connectivity index (χ1v) is 14.5. The molecule has 1 saturated heterocycles. The number of aromatic nitrogens is 3. The van der Waals surface area contributed by atoms with Gasteiger partial charge in [0.15, 0.2) is 5.65 Å². The molecule has 1 aliphatic heterocycles. The van der Waals surface area contributed by atoms with Crippen molar-refractivity contribution in [2.45, 2.75) is 64.5 Å². The second kappa shape index (κ2) is 12.0. The van der Waals surface area contributed by atoms with Crippen LogP contribution < -0.4 is 9.64 Å². The van der Waals surface area contributed by atoms with Gasteiger partial charge in [-0.25, -0.2) is 4.39 Å². The largest absolute Gasteiger partial charge is 0.473 e. The summed E-state index contributed by atoms with van der Waals surface area (Å²) in [4.78, 5) is 9.04. The zero-order chi connectivity index (χ0) is 29.3. The van der Waals surface area contributed by atoms with Crippen LogP contribution in [-0.2, 0) is 12.8 Å². The van der Waals surface area contributed by atoms with Crippen LogP contribution in [0.2, 0.25) is 0 Å². The van der Waals surface area contributed by atoms with E-state index in [2.05, 4.69) is 42.7 Å². The Balaban J connectivity index is 1.48. The van der Waals surface area contributed by atoms with Crippen molar-refractivity contribution in [3.63, 3.8) is 0 Å². The highest BCUT2D eigenvalue weighted by Gasteiger charge is 2.40. The van der Waals surface area contributed by atoms with Crippen molar-refractivity contribution in [2.75, 3.05) is 18.0 Å². The summed E-state index contributed by atoms with van der Waals surface area (Å²) < 4.78 is 64.0. The smallest absolute Gasteiger partial charge is 0.416 e. The van der Waals surface area contributed by atoms with E-state index in [1.165, 1.54) is 6.07 Å². The molecule has 0 spiro atoms. The average molecular weight is 635 g/mol. The van der Waals surface area contributed by atoms with E-state index < -0.39 is 23.6 Å². The summed E-state index contributed by atoms with van der Waals surface area (Å²) in [6, 6.07) is 15.9. The second-order valence-corrected chi connectivity index (χ2v) is 11.2. The van der Waals surface area contributed by atoms with Gasteiger partial charge in [-0.15, -0.1) is 0 Å². The molecule has 6 nitrogen and oxygen atoms in total. The Labute approximate surface area is 245 Å². The maximum absolute atomic E-state index is 13.9. The van der Waals surface area contributed by atoms with Crippen LogP contribution in [0.5, 0.6) is 5.88 Å². The molecular formula is C30H32BrF4N5O. The summed E-state index contributed by atoms with van der Waals surface area (Å²) in [5, 5.41) is 4.62. The molecule has 3 heterocycles. The third-order valence-electron chi connectivity index (χ3n) is 7.83. The van der Waals surface area contributed by atoms with Crippen molar-refractivity contribution in [3.8, 4) is 5.88 Å². The van der Waals surface area contributed by atoms with Crippen LogP contribution in [-0.4, -0.2) is 44.7 Å². The minimum absolute atomic E-state index is 0.0226. The third kappa shape index (κ3) is 6.21. The van der Waals surface area contributed by atoms with Crippen molar-refractivity contribution in [2.24, 2.45) is 0 Å². The monoisotopic (exact) mass is 633 g/mol. The van der Waals surface area contributed by atoms with E-state index in [4.69, 9.17) is 4.74 Å². The Morgan fingerprint density at radius 3 is 2.41 bits per heavy atom. The first kappa shape index (κ1) is 29.3. The van der Waals surface area contributed by atoms with Gasteiger partial charge in [0, 0.05) is 43.3 Å². The number of fused-ring (bicyclic) bond motifs is 1. The summed E-state index contributed by atoms with van der Waals surface area (Å²) in [6.07, 6.45) is -3.18. The molecule has 11 heteroatoms. The van der Waals surface area contributed by atoms with E-state index in [-0.39, 0.29) is 17.6 Å². The number of piperazine rings is 1. The number of ether oxygens (including phenoxy) is 1. The van der Waals surface area contributed by atoms with E-state index in [0.717, 1.165) is 23.9 Å². The molecule has 0 saturated carbocycles. The molecule has 1 aliphatic rings. The number of hydrogen-bond acceptors (Lipinski definition) is 5. The van der Waals surface area contributed by atoms with Gasteiger partial charge in [0.05, 0.1) is 5.56 Å². The molecule has 218 valence electrons. The SMILES string of the molecule is CC[C@H]1CN(C(C)c2ccc(F)cc2C(F)(F)F)[C@H](CC)CN1c1cc(OCc2ccccc2)nc2cc(Br)nn12. The maximum atomic E-state index is 13.9. The zero-order valence-electron chi connectivity index (χ0n) is 23.1. The number of nitrogens with zero attached hydrogens (tertiary/aromatic N) is 5. The van der Waals surface area contributed by atoms with Crippen LogP contribution in [0.4, 0.5) is 23.4 Å². The fraction of sp³-hybridized carbons (Fsp3) is 0.400. The van der Waals surface area contributed by atoms with Crippen molar-refractivity contribution >= 4 is 27.4 Å². The fourth-order valence-electron chi connectivity index (χ4n) is 5.68. The first-order valence-electron chi connectivity index (χ1n) is 13.7. The highest BCUT2D eigenvalue weighted by atomic mass is 79.9. The van der Waals surface area contributed by atoms with Gasteiger partial charge in [0.25, 0.3) is 0 Å². The van der Waals surface area contributed by atoms with Gasteiger partial charge >= 0.3 is 6.18 Å². The summed E-state index contributed by atoms with van der Waals surface area (Å²) in [5.74, 6) is 0.372. The topological polar surface area (TPSA) is 45.9 Å². The number of benzene rings is 2. The Kier molecular flexibility index (Phi) is 8.56. The standard InChI is InChI=1S/C30H32BrF4N5O/c1-4-22-17-39(23(5-2)16-38(22)19(3)24-12-11-21(32)13-25(24)30(33,34)35)29-15-28(36-27-14-26(31)37-40(27)29)41-18-20-9-7-6-8-10-20/h6-15,19,22-23H,4-5,16-18H2,1-3H3/t19?,22-,23+/m1/s1. The number of hydrogen-bond donors (Lipinski definition) is 0. The summed E-state index contributed by atoms with van der Waals surface area (Å²) in [5.41, 5.74) is 0.800. The summed E-state index contributed by atoms with van der Waals surface area (Å²) in [6.45, 7) is 7.32. The van der Waals surface area contributed by atoms with Gasteiger partial charge < -0.3 is 9.64 Å². The first-order chi connectivity index (χ1) is 19.6. The van der Waals surface area contributed by atoms with Gasteiger partial charge in [0.1, 0.15) is 22.8 Å². The number of halogens is 5. The number of anilines is 1. The predicted molar refractivity (Wildman–Crippen MR) is 153 cm³/mol. The van der Waals surface area contributed by atoms with Crippen LogP contribution in [0.15, 0.2) is 65.3 Å². The van der Waals surface area contributed by atoms with E-state index in [1.54, 1.807) is 11.4 Å². The van der Waals surface area contributed by atoms with Crippen molar-refractivity contribution < 1.29 is 22.3 Å². The summed E-state index contributed by atoms with van der Waals surface area (Å²) >= 11 is 3.46. The van der Waals surface area contributed by atoms with Gasteiger partial charge in [-0.3, -0.25) is 4.90 Å². The lowest BCUT2D eigenvalue weighted by molar-refractivity contribution is -0.139. The molecule has 1 unspecified atom stereocenters. The fourth-order valence-corrected chi connectivity index (χ4v) is 6.04. The average Bonchev–Trinajstić information content (AvgIpc) is 3.34. The molecule has 2 aromatic heterocycles. The molecule has 0 aliphatic carbocycles. The molecule has 5 rings (SSSR count). The van der Waals surface area contributed by atoms with Crippen LogP contribution in [0.1, 0.15) is 56.3 Å². The highest BCUT2D eigenvalue weighted by Crippen LogP contribution is 2.39. The second-order valence-electron chi connectivity index (χ2n) is 10.3. The zero-order valence-corrected chi connectivity index (χ0v) is 24.7. The van der Waals surface area contributed by atoms with E-state index in [1.807, 2.05) is 49.4 Å². The highest BCUT2D eigenvalue weighted by molar-refractivity contribution is 9.10. The van der Waals surface area contributed by atoms with Crippen LogP contribution in [0.3, 0.4) is 0 Å². The molecule has 2 aromatic carbocycles. The minimum Gasteiger partial charge on any atom is -0.473 e. The van der Waals surface area contributed by atoms with Crippen LogP contribution in [0, 0.1) is 5.82 Å². The van der Waals surface area contributed by atoms with Gasteiger partial charge in [-0.1, -0.05) is 50.2 Å². The van der Waals surface area contributed by atoms with Crippen LogP contribution >= 0.6 is 15.9 Å². The molecule has 0 radical (unpaired) electrons. The Morgan fingerprint density at radius 1 is 1.00 bits per heavy atom. The molecule has 41 heavy (non-hydrogen) atoms. The van der Waals surface area contributed by atoms with Crippen molar-refractivity contribution in [1.29, 1.82) is 0 Å². The maximum Gasteiger partial charge on any atom is 0.416 e. The quantitative estimate of drug-likeness (QED) is 0.186. The lowest BCUT2D eigenvalue weighted by Gasteiger charge is -2.49. The molecule has 1 fully saturated rings. The number of alkyl halides is 3. The van der Waals surface area contributed by atoms with E-state index in [0.29, 0.717) is 48.3 Å². The molecule has 0 bridgehead atoms. The minimum atomic E-state index is -4.65. The van der Waals surface area contributed by atoms with Gasteiger partial charge in [-0.2, -0.15) is 27.8 Å². The lowest BCUT2D eigenvalue weighted by atomic mass is 9.94. The number of rotatable bonds is 8. The summed E-state index contributed by atoms with van der Waals surface area (Å²) in [7, 11) is 0. The van der Waals surface area contributed by atoms with Gasteiger partial charge in [0.2, 0.25) is 5.88 Å². The molecule has 4 aromatic rings. The van der Waals surface area contributed by atoms with Crippen molar-refractivity contribution in [1.82, 2.24) is 19.5 Å². The predicted octanol–water partition coefficient (Wildman–Crippen LogP) is 7.67. The Hall–Kier alpha value is -3.18. The normalized spacial score (nSPS) is 19.1. The van der Waals surface area contributed by atoms with Crippen LogP contribution in [0.25, 0.3) is 5.65 Å². The van der Waals surface area contributed by atoms with E-state index >= 15 is 0 Å². The van der Waals surface area contributed by atoms with E-state index in [9.17, 15) is 17.6 Å². The Bertz CT molecular complexity index is 1500. The molecular weight excluding hydrogens is 602 g/mol. The molecule has 0 N–H and O–H groups in total. The lowest BCUT2D eigenvalue weighted by Crippen LogP contribution is -2.59. The molecule has 3 atom stereocenters. The van der Waals surface area contributed by atoms with Gasteiger partial charge in [-0.05, 0) is 59.0 Å². The molecule has 0 amide bonds. The Morgan fingerprint density at radius 2 is 1.73 bits per heavy atom. The third-order valence-corrected chi connectivity index (χ3v) is 8.22. The van der Waals surface area contributed by atoms with Crippen molar-refractivity contribution in [3.05, 3.63) is 87.8 Å².